The molecule has 5 atom stereocenters. The van der Waals surface area contributed by atoms with E-state index >= 15 is 0 Å². The number of carbonyl (C=O) groups excluding carboxylic acids is 5. The van der Waals surface area contributed by atoms with Gasteiger partial charge in [-0.25, -0.2) is 0 Å². The van der Waals surface area contributed by atoms with Crippen LogP contribution in [-0.4, -0.2) is 109 Å². The van der Waals surface area contributed by atoms with Gasteiger partial charge in [-0.1, -0.05) is 133 Å². The molecule has 3 rings (SSSR count). The summed E-state index contributed by atoms with van der Waals surface area (Å²) in [6.45, 7) is 11.6. The van der Waals surface area contributed by atoms with E-state index in [1.165, 1.54) is 14.7 Å². The van der Waals surface area contributed by atoms with Crippen LogP contribution in [-0.2, 0) is 43.2 Å². The smallest absolute Gasteiger partial charge is 0.246 e. The van der Waals surface area contributed by atoms with Gasteiger partial charge in [-0.3, -0.25) is 24.0 Å². The van der Waals surface area contributed by atoms with Crippen molar-refractivity contribution in [2.24, 2.45) is 17.8 Å². The topological polar surface area (TPSA) is 131 Å². The van der Waals surface area contributed by atoms with E-state index in [4.69, 9.17) is 0 Å². The molecule has 3 aromatic carbocycles. The van der Waals surface area contributed by atoms with E-state index in [0.717, 1.165) is 16.7 Å². The highest BCUT2D eigenvalue weighted by atomic mass is 16.2. The molecule has 304 valence electrons. The van der Waals surface area contributed by atoms with Crippen LogP contribution < -0.4 is 16.0 Å². The molecule has 0 bridgehead atoms. The van der Waals surface area contributed by atoms with Crippen LogP contribution in [0.2, 0.25) is 0 Å². The number of amides is 5. The van der Waals surface area contributed by atoms with Crippen LogP contribution in [0.4, 0.5) is 0 Å². The van der Waals surface area contributed by atoms with E-state index in [9.17, 15) is 24.0 Å². The molecule has 3 aromatic rings. The number of carbonyl (C=O) groups is 5. The zero-order valence-corrected chi connectivity index (χ0v) is 35.0. The first-order valence-electron chi connectivity index (χ1n) is 19.8. The van der Waals surface area contributed by atoms with Gasteiger partial charge in [0, 0.05) is 34.1 Å². The zero-order chi connectivity index (χ0) is 41.5. The number of benzene rings is 3. The maximum Gasteiger partial charge on any atom is 0.246 e. The first kappa shape index (κ1) is 45.4. The van der Waals surface area contributed by atoms with Gasteiger partial charge in [0.05, 0.1) is 6.04 Å². The van der Waals surface area contributed by atoms with Gasteiger partial charge in [-0.2, -0.15) is 0 Å². The Morgan fingerprint density at radius 1 is 0.536 bits per heavy atom. The summed E-state index contributed by atoms with van der Waals surface area (Å²) in [6.07, 6.45) is 1.37. The molecule has 0 heterocycles. The predicted molar refractivity (Wildman–Crippen MR) is 222 cm³/mol. The van der Waals surface area contributed by atoms with E-state index in [1.54, 1.807) is 28.2 Å². The van der Waals surface area contributed by atoms with Crippen LogP contribution in [0, 0.1) is 17.8 Å². The van der Waals surface area contributed by atoms with Crippen LogP contribution in [0.1, 0.15) is 58.2 Å². The Morgan fingerprint density at radius 2 is 0.964 bits per heavy atom. The predicted octanol–water partition coefficient (Wildman–Crippen LogP) is 4.35. The lowest BCUT2D eigenvalue weighted by Crippen LogP contribution is -2.62. The van der Waals surface area contributed by atoms with E-state index in [2.05, 4.69) is 16.0 Å². The molecule has 0 aliphatic heterocycles. The van der Waals surface area contributed by atoms with Crippen LogP contribution in [0.25, 0.3) is 0 Å². The second-order valence-electron chi connectivity index (χ2n) is 15.7. The molecular weight excluding hydrogens is 705 g/mol. The normalized spacial score (nSPS) is 14.0. The highest BCUT2D eigenvalue weighted by molar-refractivity contribution is 5.96. The summed E-state index contributed by atoms with van der Waals surface area (Å²) >= 11 is 0. The van der Waals surface area contributed by atoms with Gasteiger partial charge in [0.15, 0.2) is 0 Å². The minimum Gasteiger partial charge on any atom is -0.354 e. The van der Waals surface area contributed by atoms with E-state index in [1.807, 2.05) is 133 Å². The molecule has 0 spiro atoms. The average molecular weight is 769 g/mol. The maximum absolute atomic E-state index is 14.5. The summed E-state index contributed by atoms with van der Waals surface area (Å²) in [7, 11) is 6.48. The third-order valence-corrected chi connectivity index (χ3v) is 10.4. The van der Waals surface area contributed by atoms with E-state index in [-0.39, 0.29) is 41.9 Å². The standard InChI is InChI=1S/C45H64N6O5/c1-30(2)38(48-41(52)36(46-7)28-34-22-16-12-17-23-34)43(54)50(9)40(32(5)6)45(56)51(10)39(31(3)4)44(55)49(8)37(29-35-24-18-13-19-25-35)42(53)47-27-26-33-20-14-11-15-21-33/h11-25,30-32,36-40,46H,26-29H2,1-10H3,(H,47,53)(H,48,52)/t36-,37-,38-,39-,40-/m0/s1. The molecule has 11 heteroatoms. The molecule has 0 unspecified atom stereocenters. The van der Waals surface area contributed by atoms with E-state index in [0.29, 0.717) is 19.4 Å². The van der Waals surface area contributed by atoms with Crippen LogP contribution >= 0.6 is 0 Å². The molecule has 3 N–H and O–H groups in total. The van der Waals surface area contributed by atoms with Gasteiger partial charge in [0.25, 0.3) is 0 Å². The average Bonchev–Trinajstić information content (AvgIpc) is 3.18. The Morgan fingerprint density at radius 3 is 1.41 bits per heavy atom. The molecule has 0 aliphatic rings. The summed E-state index contributed by atoms with van der Waals surface area (Å²) in [5.41, 5.74) is 2.97. The molecule has 0 saturated heterocycles. The van der Waals surface area contributed by atoms with Gasteiger partial charge < -0.3 is 30.7 Å². The fourth-order valence-corrected chi connectivity index (χ4v) is 7.14. The lowest BCUT2D eigenvalue weighted by Gasteiger charge is -2.40. The highest BCUT2D eigenvalue weighted by Crippen LogP contribution is 2.22. The van der Waals surface area contributed by atoms with Crippen molar-refractivity contribution in [2.45, 2.75) is 91.0 Å². The van der Waals surface area contributed by atoms with Crippen molar-refractivity contribution < 1.29 is 24.0 Å². The maximum atomic E-state index is 14.5. The van der Waals surface area contributed by atoms with Gasteiger partial charge in [-0.05, 0) is 54.3 Å². The fraction of sp³-hybridized carbons (Fsp3) is 0.489. The van der Waals surface area contributed by atoms with Crippen molar-refractivity contribution in [2.75, 3.05) is 34.7 Å². The second kappa shape index (κ2) is 21.9. The molecule has 11 nitrogen and oxygen atoms in total. The Balaban J connectivity index is 1.83. The largest absolute Gasteiger partial charge is 0.354 e. The Hall–Kier alpha value is -5.03. The molecule has 0 radical (unpaired) electrons. The fourth-order valence-electron chi connectivity index (χ4n) is 7.14. The number of likely N-dealkylation sites (N-methyl/N-ethyl adjacent to an activating group) is 4. The number of hydrogen-bond donors (Lipinski definition) is 3. The first-order valence-corrected chi connectivity index (χ1v) is 19.8. The van der Waals surface area contributed by atoms with Crippen LogP contribution in [0.15, 0.2) is 91.0 Å². The number of hydrogen-bond acceptors (Lipinski definition) is 6. The monoisotopic (exact) mass is 768 g/mol. The molecule has 56 heavy (non-hydrogen) atoms. The van der Waals surface area contributed by atoms with Crippen molar-refractivity contribution in [1.29, 1.82) is 0 Å². The van der Waals surface area contributed by atoms with Crippen LogP contribution in [0.3, 0.4) is 0 Å². The summed E-state index contributed by atoms with van der Waals surface area (Å²) in [5, 5.41) is 9.05. The molecule has 0 fully saturated rings. The van der Waals surface area contributed by atoms with E-state index < -0.39 is 42.0 Å². The number of rotatable bonds is 20. The van der Waals surface area contributed by atoms with Crippen molar-refractivity contribution >= 4 is 29.5 Å². The first-order chi connectivity index (χ1) is 26.6. The molecular formula is C45H64N6O5. The van der Waals surface area contributed by atoms with Gasteiger partial charge in [-0.15, -0.1) is 0 Å². The Labute approximate surface area is 334 Å². The van der Waals surface area contributed by atoms with Crippen molar-refractivity contribution in [3.63, 3.8) is 0 Å². The van der Waals surface area contributed by atoms with Crippen molar-refractivity contribution in [3.05, 3.63) is 108 Å². The summed E-state index contributed by atoms with van der Waals surface area (Å²) in [4.78, 5) is 74.9. The lowest BCUT2D eigenvalue weighted by molar-refractivity contribution is -0.155. The summed E-state index contributed by atoms with van der Waals surface area (Å²) in [5.74, 6) is -2.71. The molecule has 0 saturated carbocycles. The van der Waals surface area contributed by atoms with Gasteiger partial charge >= 0.3 is 0 Å². The lowest BCUT2D eigenvalue weighted by atomic mass is 9.94. The van der Waals surface area contributed by atoms with Crippen molar-refractivity contribution in [3.8, 4) is 0 Å². The molecule has 5 amide bonds. The zero-order valence-electron chi connectivity index (χ0n) is 35.0. The summed E-state index contributed by atoms with van der Waals surface area (Å²) < 4.78 is 0. The minimum absolute atomic E-state index is 0.275. The quantitative estimate of drug-likeness (QED) is 0.157. The highest BCUT2D eigenvalue weighted by Gasteiger charge is 2.42. The molecule has 0 aromatic heterocycles. The number of nitrogens with one attached hydrogen (secondary N) is 3. The third-order valence-electron chi connectivity index (χ3n) is 10.4. The number of nitrogens with zero attached hydrogens (tertiary/aromatic N) is 3. The molecule has 0 aliphatic carbocycles. The second-order valence-corrected chi connectivity index (χ2v) is 15.7. The van der Waals surface area contributed by atoms with Gasteiger partial charge in [0.1, 0.15) is 24.2 Å². The summed E-state index contributed by atoms with van der Waals surface area (Å²) in [6, 6.07) is 24.9. The SMILES string of the molecule is CN[C@@H](Cc1ccccc1)C(=O)N[C@H](C(=O)N(C)[C@H](C(=O)N(C)[C@H](C(=O)N(C)[C@@H](Cc1ccccc1)C(=O)NCCc1ccccc1)C(C)C)C(C)C)C(C)C. The van der Waals surface area contributed by atoms with Crippen molar-refractivity contribution in [1.82, 2.24) is 30.7 Å². The Bertz CT molecular complexity index is 1700. The van der Waals surface area contributed by atoms with Gasteiger partial charge in [0.2, 0.25) is 29.5 Å². The van der Waals surface area contributed by atoms with Crippen LogP contribution in [0.5, 0.6) is 0 Å². The third kappa shape index (κ3) is 12.5. The minimum atomic E-state index is -0.934. The Kier molecular flexibility index (Phi) is 17.7.